The predicted octanol–water partition coefficient (Wildman–Crippen LogP) is 3.51. The van der Waals surface area contributed by atoms with E-state index in [1.165, 1.54) is 24.1 Å². The van der Waals surface area contributed by atoms with Crippen LogP contribution in [0.2, 0.25) is 0 Å². The number of nitrogens with one attached hydrogen (secondary N) is 1. The van der Waals surface area contributed by atoms with Crippen LogP contribution in [0.25, 0.3) is 0 Å². The third-order valence-electron chi connectivity index (χ3n) is 5.77. The number of rotatable bonds is 4. The first-order valence-electron chi connectivity index (χ1n) is 9.44. The molecule has 26 heavy (non-hydrogen) atoms. The maximum atomic E-state index is 12.7. The van der Waals surface area contributed by atoms with Gasteiger partial charge in [-0.3, -0.25) is 4.79 Å². The van der Waals surface area contributed by atoms with Crippen molar-refractivity contribution in [2.45, 2.75) is 33.1 Å². The van der Waals surface area contributed by atoms with Crippen molar-refractivity contribution < 1.29 is 4.79 Å². The van der Waals surface area contributed by atoms with Gasteiger partial charge in [0.2, 0.25) is 5.91 Å². The Hall–Kier alpha value is -0.970. The lowest BCUT2D eigenvalue weighted by Gasteiger charge is -2.37. The van der Waals surface area contributed by atoms with Crippen LogP contribution in [0, 0.1) is 18.8 Å². The molecule has 4 nitrogen and oxygen atoms in total. The molecule has 2 heterocycles. The zero-order chi connectivity index (χ0) is 16.9. The number of para-hydroxylation sites is 1. The summed E-state index contributed by atoms with van der Waals surface area (Å²) in [5.74, 6) is 1.57. The first-order chi connectivity index (χ1) is 11.6. The predicted molar refractivity (Wildman–Crippen MR) is 114 cm³/mol. The molecule has 3 rings (SSSR count). The number of hydrogen-bond donors (Lipinski definition) is 1. The fraction of sp³-hybridized carbons (Fsp3) is 0.650. The summed E-state index contributed by atoms with van der Waals surface area (Å²) in [5.41, 5.74) is 2.63. The minimum Gasteiger partial charge on any atom is -0.368 e. The number of aryl methyl sites for hydroxylation is 1. The van der Waals surface area contributed by atoms with Crippen LogP contribution in [0.15, 0.2) is 24.3 Å². The molecule has 0 radical (unpaired) electrons. The topological polar surface area (TPSA) is 35.6 Å². The van der Waals surface area contributed by atoms with E-state index in [1.54, 1.807) is 0 Å². The Labute approximate surface area is 170 Å². The lowest BCUT2D eigenvalue weighted by molar-refractivity contribution is -0.132. The van der Waals surface area contributed by atoms with E-state index in [-0.39, 0.29) is 24.8 Å². The van der Waals surface area contributed by atoms with E-state index < -0.39 is 0 Å². The van der Waals surface area contributed by atoms with Gasteiger partial charge in [0.05, 0.1) is 0 Å². The van der Waals surface area contributed by atoms with E-state index in [0.717, 1.165) is 45.7 Å². The highest BCUT2D eigenvalue weighted by Crippen LogP contribution is 2.26. The van der Waals surface area contributed by atoms with Crippen molar-refractivity contribution in [1.29, 1.82) is 0 Å². The fourth-order valence-electron chi connectivity index (χ4n) is 4.10. The van der Waals surface area contributed by atoms with Crippen molar-refractivity contribution in [1.82, 2.24) is 10.2 Å². The highest BCUT2D eigenvalue weighted by Gasteiger charge is 2.26. The molecule has 1 aromatic rings. The molecule has 0 bridgehead atoms. The van der Waals surface area contributed by atoms with Crippen molar-refractivity contribution >= 4 is 36.4 Å². The molecule has 1 unspecified atom stereocenters. The monoisotopic (exact) mass is 401 g/mol. The van der Waals surface area contributed by atoms with Crippen LogP contribution in [0.5, 0.6) is 0 Å². The minimum absolute atomic E-state index is 0. The van der Waals surface area contributed by atoms with Crippen LogP contribution in [-0.4, -0.2) is 50.1 Å². The van der Waals surface area contributed by atoms with Gasteiger partial charge in [-0.1, -0.05) is 25.1 Å². The van der Waals surface area contributed by atoms with Gasteiger partial charge in [-0.2, -0.15) is 0 Å². The number of carbonyl (C=O) groups is 1. The standard InChI is InChI=1S/C20H31N3O.2ClH/c1-16-5-3-4-6-19(16)22-11-13-23(14-12-22)20(24)15-17(2)18-7-9-21-10-8-18;;/h3-6,17-18,21H,7-15H2,1-2H3;2*1H. The first kappa shape index (κ1) is 23.1. The zero-order valence-corrected chi connectivity index (χ0v) is 17.6. The maximum absolute atomic E-state index is 12.7. The average molecular weight is 402 g/mol. The number of piperidine rings is 1. The number of nitrogens with zero attached hydrogens (tertiary/aromatic N) is 2. The lowest BCUT2D eigenvalue weighted by atomic mass is 9.84. The van der Waals surface area contributed by atoms with Crippen LogP contribution in [0.4, 0.5) is 5.69 Å². The molecule has 148 valence electrons. The molecule has 0 spiro atoms. The Morgan fingerprint density at radius 2 is 1.73 bits per heavy atom. The Morgan fingerprint density at radius 3 is 2.35 bits per heavy atom. The van der Waals surface area contributed by atoms with Crippen LogP contribution in [0.1, 0.15) is 31.7 Å². The van der Waals surface area contributed by atoms with Crippen LogP contribution in [0.3, 0.4) is 0 Å². The van der Waals surface area contributed by atoms with E-state index >= 15 is 0 Å². The number of carbonyl (C=O) groups excluding carboxylic acids is 1. The number of anilines is 1. The van der Waals surface area contributed by atoms with Gasteiger partial charge in [-0.25, -0.2) is 0 Å². The van der Waals surface area contributed by atoms with Gasteiger partial charge in [-0.05, 0) is 56.3 Å². The molecule has 2 aliphatic heterocycles. The smallest absolute Gasteiger partial charge is 0.222 e. The number of halogens is 2. The van der Waals surface area contributed by atoms with Gasteiger partial charge in [0.15, 0.2) is 0 Å². The van der Waals surface area contributed by atoms with Crippen molar-refractivity contribution in [3.63, 3.8) is 0 Å². The summed E-state index contributed by atoms with van der Waals surface area (Å²) in [7, 11) is 0. The maximum Gasteiger partial charge on any atom is 0.222 e. The van der Waals surface area contributed by atoms with E-state index in [4.69, 9.17) is 0 Å². The molecule has 1 atom stereocenters. The summed E-state index contributed by atoms with van der Waals surface area (Å²) in [5, 5.41) is 3.41. The van der Waals surface area contributed by atoms with Gasteiger partial charge in [0, 0.05) is 38.3 Å². The SMILES string of the molecule is Cc1ccccc1N1CCN(C(=O)CC(C)C2CCNCC2)CC1.Cl.Cl. The first-order valence-corrected chi connectivity index (χ1v) is 9.44. The molecule has 0 aliphatic carbocycles. The molecule has 2 saturated heterocycles. The molecule has 0 saturated carbocycles. The summed E-state index contributed by atoms with van der Waals surface area (Å²) >= 11 is 0. The highest BCUT2D eigenvalue weighted by atomic mass is 35.5. The lowest BCUT2D eigenvalue weighted by Crippen LogP contribution is -2.49. The second-order valence-corrected chi connectivity index (χ2v) is 7.42. The Bertz CT molecular complexity index is 556. The second kappa shape index (κ2) is 11.0. The second-order valence-electron chi connectivity index (χ2n) is 7.42. The molecule has 2 fully saturated rings. The largest absolute Gasteiger partial charge is 0.368 e. The summed E-state index contributed by atoms with van der Waals surface area (Å²) < 4.78 is 0. The molecular weight excluding hydrogens is 369 g/mol. The average Bonchev–Trinajstić information content (AvgIpc) is 2.63. The van der Waals surface area contributed by atoms with Gasteiger partial charge >= 0.3 is 0 Å². The zero-order valence-electron chi connectivity index (χ0n) is 15.9. The molecule has 1 amide bonds. The quantitative estimate of drug-likeness (QED) is 0.837. The van der Waals surface area contributed by atoms with Gasteiger partial charge in [0.1, 0.15) is 0 Å². The van der Waals surface area contributed by atoms with Crippen molar-refractivity contribution in [2.75, 3.05) is 44.2 Å². The number of benzene rings is 1. The third-order valence-corrected chi connectivity index (χ3v) is 5.77. The van der Waals surface area contributed by atoms with Crippen LogP contribution < -0.4 is 10.2 Å². The Kier molecular flexibility index (Phi) is 9.77. The van der Waals surface area contributed by atoms with Crippen LogP contribution >= 0.6 is 24.8 Å². The third kappa shape index (κ3) is 5.77. The Morgan fingerprint density at radius 1 is 1.12 bits per heavy atom. The normalized spacial score (nSPS) is 19.3. The molecule has 2 aliphatic rings. The number of amides is 1. The number of hydrogen-bond acceptors (Lipinski definition) is 3. The summed E-state index contributed by atoms with van der Waals surface area (Å²) in [6.07, 6.45) is 3.15. The van der Waals surface area contributed by atoms with Gasteiger partial charge < -0.3 is 15.1 Å². The summed E-state index contributed by atoms with van der Waals surface area (Å²) in [6, 6.07) is 8.53. The molecular formula is C20H33Cl2N3O. The van der Waals surface area contributed by atoms with Crippen LogP contribution in [-0.2, 0) is 4.79 Å². The molecule has 1 N–H and O–H groups in total. The van der Waals surface area contributed by atoms with E-state index in [0.29, 0.717) is 17.7 Å². The minimum atomic E-state index is 0. The van der Waals surface area contributed by atoms with E-state index in [2.05, 4.69) is 53.2 Å². The summed E-state index contributed by atoms with van der Waals surface area (Å²) in [6.45, 7) is 10.2. The Balaban J connectivity index is 0.00000169. The summed E-state index contributed by atoms with van der Waals surface area (Å²) in [4.78, 5) is 17.1. The molecule has 6 heteroatoms. The van der Waals surface area contributed by atoms with Crippen molar-refractivity contribution in [2.24, 2.45) is 11.8 Å². The van der Waals surface area contributed by atoms with E-state index in [9.17, 15) is 4.79 Å². The van der Waals surface area contributed by atoms with Gasteiger partial charge in [0.25, 0.3) is 0 Å². The fourth-order valence-corrected chi connectivity index (χ4v) is 4.10. The van der Waals surface area contributed by atoms with Crippen molar-refractivity contribution in [3.05, 3.63) is 29.8 Å². The highest BCUT2D eigenvalue weighted by molar-refractivity contribution is 5.85. The molecule has 0 aromatic heterocycles. The van der Waals surface area contributed by atoms with Crippen molar-refractivity contribution in [3.8, 4) is 0 Å². The van der Waals surface area contributed by atoms with E-state index in [1.807, 2.05) is 0 Å². The number of piperazine rings is 1. The molecule has 1 aromatic carbocycles. The van der Waals surface area contributed by atoms with Gasteiger partial charge in [-0.15, -0.1) is 24.8 Å².